The van der Waals surface area contributed by atoms with Crippen molar-refractivity contribution >= 4 is 39.8 Å². The number of fused-ring (bicyclic) bond motifs is 1. The molecule has 1 fully saturated rings. The van der Waals surface area contributed by atoms with E-state index in [0.29, 0.717) is 42.9 Å². The van der Waals surface area contributed by atoms with Crippen molar-refractivity contribution in [3.8, 4) is 16.9 Å². The molecule has 0 saturated carbocycles. The van der Waals surface area contributed by atoms with Crippen molar-refractivity contribution in [3.63, 3.8) is 0 Å². The van der Waals surface area contributed by atoms with Crippen LogP contribution in [0.1, 0.15) is 6.92 Å². The summed E-state index contributed by atoms with van der Waals surface area (Å²) in [4.78, 5) is 19.5. The maximum atomic E-state index is 15.7. The fourth-order valence-electron chi connectivity index (χ4n) is 4.01. The molecule has 1 saturated heterocycles. The van der Waals surface area contributed by atoms with Crippen LogP contribution in [0.15, 0.2) is 30.5 Å². The zero-order valence-corrected chi connectivity index (χ0v) is 17.8. The summed E-state index contributed by atoms with van der Waals surface area (Å²) in [6, 6.07) is 5.78. The summed E-state index contributed by atoms with van der Waals surface area (Å²) in [6.45, 7) is 3.65. The molecule has 0 aliphatic carbocycles. The molecule has 6 nitrogen and oxygen atoms in total. The highest BCUT2D eigenvalue weighted by Crippen LogP contribution is 2.43. The van der Waals surface area contributed by atoms with E-state index >= 15 is 4.39 Å². The number of nitrogens with two attached hydrogens (primary N) is 1. The number of piperazine rings is 1. The Balaban J connectivity index is 1.88. The van der Waals surface area contributed by atoms with Crippen LogP contribution in [0.3, 0.4) is 0 Å². The van der Waals surface area contributed by atoms with Crippen molar-refractivity contribution < 1.29 is 18.3 Å². The summed E-state index contributed by atoms with van der Waals surface area (Å²) in [6.07, 6.45) is 1.38. The van der Waals surface area contributed by atoms with Gasteiger partial charge in [0.2, 0.25) is 5.91 Å². The molecule has 2 aromatic carbocycles. The van der Waals surface area contributed by atoms with E-state index in [-0.39, 0.29) is 33.3 Å². The van der Waals surface area contributed by atoms with Gasteiger partial charge in [-0.1, -0.05) is 17.7 Å². The summed E-state index contributed by atoms with van der Waals surface area (Å²) < 4.78 is 35.5. The lowest BCUT2D eigenvalue weighted by molar-refractivity contribution is -0.129. The molecule has 4 rings (SSSR count). The van der Waals surface area contributed by atoms with Gasteiger partial charge in [-0.25, -0.2) is 8.78 Å². The number of nitrogen functional groups attached to an aromatic ring is 1. The number of anilines is 2. The van der Waals surface area contributed by atoms with E-state index < -0.39 is 11.6 Å². The van der Waals surface area contributed by atoms with Gasteiger partial charge in [0.15, 0.2) is 5.82 Å². The molecule has 0 unspecified atom stereocenters. The minimum absolute atomic E-state index is 0.00442. The van der Waals surface area contributed by atoms with E-state index in [1.807, 2.05) is 4.90 Å². The molecular formula is C22H21ClF2N4O2. The van der Waals surface area contributed by atoms with Crippen LogP contribution in [0.25, 0.3) is 22.0 Å². The quantitative estimate of drug-likeness (QED) is 0.656. The first-order valence-corrected chi connectivity index (χ1v) is 10.1. The van der Waals surface area contributed by atoms with Crippen molar-refractivity contribution in [2.24, 2.45) is 0 Å². The molecule has 0 bridgehead atoms. The zero-order valence-electron chi connectivity index (χ0n) is 17.1. The molecule has 3 aromatic rings. The molecule has 9 heteroatoms. The Morgan fingerprint density at radius 1 is 1.19 bits per heavy atom. The largest absolute Gasteiger partial charge is 0.496 e. The van der Waals surface area contributed by atoms with Crippen LogP contribution in [-0.4, -0.2) is 49.1 Å². The van der Waals surface area contributed by atoms with E-state index in [4.69, 9.17) is 22.1 Å². The molecule has 1 aliphatic heterocycles. The van der Waals surface area contributed by atoms with Gasteiger partial charge in [-0.3, -0.25) is 9.78 Å². The number of carbonyl (C=O) groups excluding carboxylic acids is 1. The fourth-order valence-corrected chi connectivity index (χ4v) is 4.30. The highest BCUT2D eigenvalue weighted by Gasteiger charge is 2.26. The number of halogens is 3. The number of pyridine rings is 1. The standard InChI is InChI=1S/C22H21ClF2N4O2/c1-12(30)28-6-8-29(9-7-28)22-13-10-14(23)18(20(25)21(13)27-11-16(22)26)19-15(24)4-3-5-17(19)31-2/h3-5,10-11H,6-9,26H2,1-2H3. The maximum Gasteiger partial charge on any atom is 0.219 e. The second kappa shape index (κ2) is 8.19. The van der Waals surface area contributed by atoms with Gasteiger partial charge in [0.25, 0.3) is 0 Å². The van der Waals surface area contributed by atoms with Crippen molar-refractivity contribution in [1.82, 2.24) is 9.88 Å². The van der Waals surface area contributed by atoms with E-state index in [2.05, 4.69) is 4.98 Å². The number of nitrogens with zero attached hydrogens (tertiary/aromatic N) is 3. The predicted octanol–water partition coefficient (Wildman–Crippen LogP) is 4.09. The number of hydrogen-bond donors (Lipinski definition) is 1. The van der Waals surface area contributed by atoms with Crippen LogP contribution in [-0.2, 0) is 4.79 Å². The Labute approximate surface area is 183 Å². The number of amides is 1. The second-order valence-corrected chi connectivity index (χ2v) is 7.72. The third kappa shape index (κ3) is 3.61. The van der Waals surface area contributed by atoms with E-state index in [1.165, 1.54) is 38.4 Å². The van der Waals surface area contributed by atoms with E-state index in [0.717, 1.165) is 0 Å². The van der Waals surface area contributed by atoms with Crippen LogP contribution in [0.2, 0.25) is 5.02 Å². The van der Waals surface area contributed by atoms with Crippen LogP contribution in [0.5, 0.6) is 5.75 Å². The lowest BCUT2D eigenvalue weighted by atomic mass is 9.99. The van der Waals surface area contributed by atoms with Crippen LogP contribution >= 0.6 is 11.6 Å². The summed E-state index contributed by atoms with van der Waals surface area (Å²) in [7, 11) is 1.38. The summed E-state index contributed by atoms with van der Waals surface area (Å²) in [5.41, 5.74) is 7.02. The number of carbonyl (C=O) groups is 1. The van der Waals surface area contributed by atoms with Crippen molar-refractivity contribution in [2.75, 3.05) is 43.9 Å². The molecule has 1 aliphatic rings. The Morgan fingerprint density at radius 2 is 1.90 bits per heavy atom. The van der Waals surface area contributed by atoms with Crippen molar-refractivity contribution in [1.29, 1.82) is 0 Å². The molecule has 0 radical (unpaired) electrons. The first-order chi connectivity index (χ1) is 14.8. The number of rotatable bonds is 3. The Kier molecular flexibility index (Phi) is 5.58. The minimum Gasteiger partial charge on any atom is -0.496 e. The SMILES string of the molecule is COc1cccc(F)c1-c1c(Cl)cc2c(N3CCN(C(C)=O)CC3)c(N)cnc2c1F. The summed E-state index contributed by atoms with van der Waals surface area (Å²) >= 11 is 6.47. The molecule has 162 valence electrons. The van der Waals surface area contributed by atoms with Crippen LogP contribution in [0.4, 0.5) is 20.2 Å². The van der Waals surface area contributed by atoms with Crippen molar-refractivity contribution in [3.05, 3.63) is 47.1 Å². The molecule has 0 spiro atoms. The molecule has 31 heavy (non-hydrogen) atoms. The lowest BCUT2D eigenvalue weighted by Gasteiger charge is -2.36. The smallest absolute Gasteiger partial charge is 0.219 e. The van der Waals surface area contributed by atoms with Gasteiger partial charge in [-0.15, -0.1) is 0 Å². The van der Waals surface area contributed by atoms with Crippen molar-refractivity contribution in [2.45, 2.75) is 6.92 Å². The van der Waals surface area contributed by atoms with Crippen LogP contribution in [0, 0.1) is 11.6 Å². The molecule has 0 atom stereocenters. The Hall–Kier alpha value is -3.13. The first kappa shape index (κ1) is 21.1. The van der Waals surface area contributed by atoms with Gasteiger partial charge >= 0.3 is 0 Å². The normalized spacial score (nSPS) is 14.2. The predicted molar refractivity (Wildman–Crippen MR) is 118 cm³/mol. The van der Waals surface area contributed by atoms with Crippen LogP contribution < -0.4 is 15.4 Å². The average molecular weight is 447 g/mol. The fraction of sp³-hybridized carbons (Fsp3) is 0.273. The number of ether oxygens (including phenoxy) is 1. The zero-order chi connectivity index (χ0) is 22.3. The number of methoxy groups -OCH3 is 1. The highest BCUT2D eigenvalue weighted by atomic mass is 35.5. The Bertz CT molecular complexity index is 1180. The van der Waals surface area contributed by atoms with Gasteiger partial charge in [0.05, 0.1) is 35.3 Å². The number of aromatic nitrogens is 1. The molecular weight excluding hydrogens is 426 g/mol. The van der Waals surface area contributed by atoms with E-state index in [1.54, 1.807) is 11.0 Å². The van der Waals surface area contributed by atoms with Gasteiger partial charge < -0.3 is 20.3 Å². The first-order valence-electron chi connectivity index (χ1n) is 9.73. The number of benzene rings is 2. The lowest BCUT2D eigenvalue weighted by Crippen LogP contribution is -2.48. The third-order valence-corrected chi connectivity index (χ3v) is 5.84. The van der Waals surface area contributed by atoms with Gasteiger partial charge in [0.1, 0.15) is 17.1 Å². The van der Waals surface area contributed by atoms with Gasteiger partial charge in [-0.2, -0.15) is 0 Å². The Morgan fingerprint density at radius 3 is 2.55 bits per heavy atom. The molecule has 1 aromatic heterocycles. The minimum atomic E-state index is -0.755. The molecule has 2 N–H and O–H groups in total. The monoisotopic (exact) mass is 446 g/mol. The summed E-state index contributed by atoms with van der Waals surface area (Å²) in [5, 5.41) is 0.447. The summed E-state index contributed by atoms with van der Waals surface area (Å²) in [5.74, 6) is -1.24. The van der Waals surface area contributed by atoms with Gasteiger partial charge in [0, 0.05) is 44.1 Å². The second-order valence-electron chi connectivity index (χ2n) is 7.32. The number of hydrogen-bond acceptors (Lipinski definition) is 5. The van der Waals surface area contributed by atoms with Gasteiger partial charge in [-0.05, 0) is 18.2 Å². The highest BCUT2D eigenvalue weighted by molar-refractivity contribution is 6.34. The van der Waals surface area contributed by atoms with E-state index in [9.17, 15) is 9.18 Å². The molecule has 2 heterocycles. The third-order valence-electron chi connectivity index (χ3n) is 5.54. The average Bonchev–Trinajstić information content (AvgIpc) is 2.74. The topological polar surface area (TPSA) is 71.7 Å². The maximum absolute atomic E-state index is 15.7. The molecule has 1 amide bonds.